The van der Waals surface area contributed by atoms with Crippen molar-refractivity contribution in [1.82, 2.24) is 0 Å². The molecule has 0 heterocycles. The van der Waals surface area contributed by atoms with Crippen molar-refractivity contribution in [2.24, 2.45) is 0 Å². The molecule has 0 aliphatic rings. The summed E-state index contributed by atoms with van der Waals surface area (Å²) < 4.78 is 17.6. The molecule has 0 aromatic heterocycles. The molecule has 0 unspecified atom stereocenters. The molecule has 3 nitrogen and oxygen atoms in total. The third-order valence-electron chi connectivity index (χ3n) is 1.70. The van der Waals surface area contributed by atoms with Crippen LogP contribution in [0.15, 0.2) is 12.1 Å². The van der Waals surface area contributed by atoms with E-state index in [0.717, 1.165) is 6.07 Å². The number of nitrogens with two attached hydrogens (primary N) is 1. The smallest absolute Gasteiger partial charge is 0.341 e. The lowest BCUT2D eigenvalue weighted by Gasteiger charge is -2.05. The molecule has 0 amide bonds. The number of hydrogen-bond donors (Lipinski definition) is 1. The van der Waals surface area contributed by atoms with Gasteiger partial charge in [0.25, 0.3) is 0 Å². The monoisotopic (exact) mass is 219 g/mol. The SMILES string of the molecule is COC(=O)c1c(C)cc(N)cc1F.Cl. The summed E-state index contributed by atoms with van der Waals surface area (Å²) in [4.78, 5) is 11.1. The summed E-state index contributed by atoms with van der Waals surface area (Å²) in [5.41, 5.74) is 6.09. The Morgan fingerprint density at radius 2 is 2.07 bits per heavy atom. The number of rotatable bonds is 1. The van der Waals surface area contributed by atoms with Crippen LogP contribution in [0, 0.1) is 12.7 Å². The van der Waals surface area contributed by atoms with Gasteiger partial charge in [-0.1, -0.05) is 0 Å². The van der Waals surface area contributed by atoms with Crippen molar-refractivity contribution < 1.29 is 13.9 Å². The quantitative estimate of drug-likeness (QED) is 0.580. The van der Waals surface area contributed by atoms with Crippen molar-refractivity contribution in [2.75, 3.05) is 12.8 Å². The van der Waals surface area contributed by atoms with E-state index in [1.54, 1.807) is 6.92 Å². The number of esters is 1. The van der Waals surface area contributed by atoms with E-state index in [0.29, 0.717) is 11.3 Å². The zero-order chi connectivity index (χ0) is 10.0. The van der Waals surface area contributed by atoms with Gasteiger partial charge in [-0.25, -0.2) is 9.18 Å². The number of ether oxygens (including phenoxy) is 1. The zero-order valence-corrected chi connectivity index (χ0v) is 8.65. The molecule has 1 aromatic rings. The molecular weight excluding hydrogens is 209 g/mol. The molecule has 0 aliphatic carbocycles. The highest BCUT2D eigenvalue weighted by Gasteiger charge is 2.15. The Morgan fingerprint density at radius 3 is 2.50 bits per heavy atom. The van der Waals surface area contributed by atoms with E-state index < -0.39 is 11.8 Å². The van der Waals surface area contributed by atoms with Gasteiger partial charge in [0.05, 0.1) is 12.7 Å². The predicted molar refractivity (Wildman–Crippen MR) is 54.1 cm³/mol. The topological polar surface area (TPSA) is 52.3 Å². The van der Waals surface area contributed by atoms with Crippen molar-refractivity contribution in [3.63, 3.8) is 0 Å². The summed E-state index contributed by atoms with van der Waals surface area (Å²) in [6.45, 7) is 1.60. The molecular formula is C9H11ClFNO2. The third kappa shape index (κ3) is 2.35. The molecule has 0 atom stereocenters. The lowest BCUT2D eigenvalue weighted by molar-refractivity contribution is 0.0594. The molecule has 0 spiro atoms. The molecule has 1 aromatic carbocycles. The second-order valence-corrected chi connectivity index (χ2v) is 2.69. The number of aryl methyl sites for hydroxylation is 1. The first-order valence-corrected chi connectivity index (χ1v) is 3.70. The van der Waals surface area contributed by atoms with Gasteiger partial charge >= 0.3 is 5.97 Å². The highest BCUT2D eigenvalue weighted by molar-refractivity contribution is 5.91. The van der Waals surface area contributed by atoms with Crippen LogP contribution in [0.3, 0.4) is 0 Å². The molecule has 0 saturated carbocycles. The van der Waals surface area contributed by atoms with Gasteiger partial charge in [-0.3, -0.25) is 0 Å². The summed E-state index contributed by atoms with van der Waals surface area (Å²) in [5.74, 6) is -1.33. The molecule has 0 saturated heterocycles. The van der Waals surface area contributed by atoms with Crippen LogP contribution in [0.25, 0.3) is 0 Å². The number of hydrogen-bond acceptors (Lipinski definition) is 3. The van der Waals surface area contributed by atoms with Crippen molar-refractivity contribution in [2.45, 2.75) is 6.92 Å². The Balaban J connectivity index is 0.00000169. The van der Waals surface area contributed by atoms with E-state index >= 15 is 0 Å². The maximum atomic E-state index is 13.2. The molecule has 78 valence electrons. The van der Waals surface area contributed by atoms with E-state index in [-0.39, 0.29) is 18.0 Å². The summed E-state index contributed by atoms with van der Waals surface area (Å²) >= 11 is 0. The van der Waals surface area contributed by atoms with Crippen LogP contribution in [0.1, 0.15) is 15.9 Å². The van der Waals surface area contributed by atoms with Crippen LogP contribution < -0.4 is 5.73 Å². The Kier molecular flexibility index (Phi) is 4.37. The van der Waals surface area contributed by atoms with Crippen LogP contribution in [0.5, 0.6) is 0 Å². The zero-order valence-electron chi connectivity index (χ0n) is 7.83. The van der Waals surface area contributed by atoms with Gasteiger partial charge < -0.3 is 10.5 Å². The fourth-order valence-corrected chi connectivity index (χ4v) is 1.13. The Hall–Kier alpha value is -1.29. The van der Waals surface area contributed by atoms with Gasteiger partial charge in [-0.05, 0) is 24.6 Å². The number of nitrogen functional groups attached to an aromatic ring is 1. The van der Waals surface area contributed by atoms with Crippen LogP contribution >= 0.6 is 12.4 Å². The summed E-state index contributed by atoms with van der Waals surface area (Å²) in [7, 11) is 1.21. The Morgan fingerprint density at radius 1 is 1.50 bits per heavy atom. The standard InChI is InChI=1S/C9H10FNO2.ClH/c1-5-3-6(11)4-7(10)8(5)9(12)13-2;/h3-4H,11H2,1-2H3;1H. The maximum absolute atomic E-state index is 13.2. The lowest BCUT2D eigenvalue weighted by Crippen LogP contribution is -2.07. The van der Waals surface area contributed by atoms with E-state index in [2.05, 4.69) is 4.74 Å². The molecule has 0 aliphatic heterocycles. The first kappa shape index (κ1) is 12.7. The van der Waals surface area contributed by atoms with Crippen molar-refractivity contribution in [3.8, 4) is 0 Å². The summed E-state index contributed by atoms with van der Waals surface area (Å²) in [6.07, 6.45) is 0. The third-order valence-corrected chi connectivity index (χ3v) is 1.70. The minimum Gasteiger partial charge on any atom is -0.465 e. The fourth-order valence-electron chi connectivity index (χ4n) is 1.13. The largest absolute Gasteiger partial charge is 0.465 e. The number of anilines is 1. The van der Waals surface area contributed by atoms with E-state index in [9.17, 15) is 9.18 Å². The van der Waals surface area contributed by atoms with E-state index in [1.807, 2.05) is 0 Å². The van der Waals surface area contributed by atoms with Crippen molar-refractivity contribution >= 4 is 24.1 Å². The predicted octanol–water partition coefficient (Wildman–Crippen LogP) is 1.92. The van der Waals surface area contributed by atoms with Gasteiger partial charge in [0.1, 0.15) is 5.82 Å². The Labute approximate surface area is 87.5 Å². The highest BCUT2D eigenvalue weighted by Crippen LogP contribution is 2.17. The van der Waals surface area contributed by atoms with Gasteiger partial charge in [-0.15, -0.1) is 12.4 Å². The molecule has 5 heteroatoms. The van der Waals surface area contributed by atoms with Crippen LogP contribution in [0.4, 0.5) is 10.1 Å². The van der Waals surface area contributed by atoms with Crippen LogP contribution in [0.2, 0.25) is 0 Å². The summed E-state index contributed by atoms with van der Waals surface area (Å²) in [5, 5.41) is 0. The second kappa shape index (κ2) is 4.81. The number of methoxy groups -OCH3 is 1. The second-order valence-electron chi connectivity index (χ2n) is 2.69. The molecule has 0 radical (unpaired) electrons. The van der Waals surface area contributed by atoms with Crippen LogP contribution in [-0.2, 0) is 4.74 Å². The number of benzene rings is 1. The Bertz CT molecular complexity index is 332. The molecule has 14 heavy (non-hydrogen) atoms. The fraction of sp³-hybridized carbons (Fsp3) is 0.222. The van der Waals surface area contributed by atoms with Gasteiger partial charge in [0.2, 0.25) is 0 Å². The molecule has 1 rings (SSSR count). The van der Waals surface area contributed by atoms with Gasteiger partial charge in [0.15, 0.2) is 0 Å². The molecule has 2 N–H and O–H groups in total. The summed E-state index contributed by atoms with van der Waals surface area (Å²) in [6, 6.07) is 2.62. The minimum absolute atomic E-state index is 0. The average Bonchev–Trinajstić information content (AvgIpc) is 2.02. The average molecular weight is 220 g/mol. The number of carbonyl (C=O) groups excluding carboxylic acids is 1. The number of halogens is 2. The molecule has 0 fully saturated rings. The first-order valence-electron chi connectivity index (χ1n) is 3.70. The van der Waals surface area contributed by atoms with Crippen molar-refractivity contribution in [1.29, 1.82) is 0 Å². The highest BCUT2D eigenvalue weighted by atomic mass is 35.5. The van der Waals surface area contributed by atoms with Crippen molar-refractivity contribution in [3.05, 3.63) is 29.1 Å². The lowest BCUT2D eigenvalue weighted by atomic mass is 10.1. The first-order chi connectivity index (χ1) is 6.06. The van der Waals surface area contributed by atoms with Crippen LogP contribution in [-0.4, -0.2) is 13.1 Å². The maximum Gasteiger partial charge on any atom is 0.341 e. The van der Waals surface area contributed by atoms with E-state index in [1.165, 1.54) is 13.2 Å². The van der Waals surface area contributed by atoms with Gasteiger partial charge in [-0.2, -0.15) is 0 Å². The minimum atomic E-state index is -0.685. The molecule has 0 bridgehead atoms. The number of carbonyl (C=O) groups is 1. The van der Waals surface area contributed by atoms with E-state index in [4.69, 9.17) is 5.73 Å². The van der Waals surface area contributed by atoms with Gasteiger partial charge in [0, 0.05) is 5.69 Å². The normalized spacial score (nSPS) is 9.07.